The van der Waals surface area contributed by atoms with E-state index < -0.39 is 7.44 Å². The number of nitrogens with zero attached hydrogens (tertiary/aromatic N) is 2. The molecule has 0 amide bonds. The second-order valence-corrected chi connectivity index (χ2v) is 8.44. The summed E-state index contributed by atoms with van der Waals surface area (Å²) >= 11 is 1.65. The Morgan fingerprint density at radius 3 is 2.24 bits per heavy atom. The first-order chi connectivity index (χ1) is 7.98. The highest BCUT2D eigenvalue weighted by Crippen LogP contribution is 2.50. The second-order valence-electron chi connectivity index (χ2n) is 4.36. The summed E-state index contributed by atoms with van der Waals surface area (Å²) in [5.74, 6) is 0. The van der Waals surface area contributed by atoms with E-state index in [1.165, 1.54) is 4.70 Å². The van der Waals surface area contributed by atoms with E-state index in [9.17, 15) is 4.57 Å². The van der Waals surface area contributed by atoms with Gasteiger partial charge < -0.3 is 0 Å². The van der Waals surface area contributed by atoms with Crippen molar-refractivity contribution in [3.05, 3.63) is 29.6 Å². The third-order valence-corrected chi connectivity index (χ3v) is 7.16. The molecule has 0 fully saturated rings. The average molecular weight is 268 g/mol. The zero-order valence-corrected chi connectivity index (χ0v) is 12.3. The van der Waals surface area contributed by atoms with Crippen LogP contribution in [0.4, 0.5) is 0 Å². The summed E-state index contributed by atoms with van der Waals surface area (Å²) in [6.45, 7) is 0. The maximum atomic E-state index is 13.1. The number of thiophene rings is 1. The van der Waals surface area contributed by atoms with Gasteiger partial charge >= 0.3 is 0 Å². The minimum atomic E-state index is -2.64. The van der Waals surface area contributed by atoms with Crippen LogP contribution in [0.5, 0.6) is 0 Å². The van der Waals surface area contributed by atoms with Gasteiger partial charge in [0.05, 0.1) is 5.30 Å². The zero-order chi connectivity index (χ0) is 12.6. The SMILES string of the molecule is CN(C)P(=O)(c1csc2ccccc12)N(C)C. The van der Waals surface area contributed by atoms with Gasteiger partial charge in [0, 0.05) is 15.5 Å². The normalized spacial score (nSPS) is 12.8. The van der Waals surface area contributed by atoms with Crippen LogP contribution in [0.25, 0.3) is 10.1 Å². The predicted octanol–water partition coefficient (Wildman–Crippen LogP) is 2.84. The Morgan fingerprint density at radius 2 is 1.65 bits per heavy atom. The lowest BCUT2D eigenvalue weighted by molar-refractivity contribution is 0.460. The highest BCUT2D eigenvalue weighted by molar-refractivity contribution is 7.68. The first kappa shape index (κ1) is 12.8. The highest BCUT2D eigenvalue weighted by atomic mass is 32.1. The lowest BCUT2D eigenvalue weighted by Gasteiger charge is -2.30. The van der Waals surface area contributed by atoms with Crippen LogP contribution >= 0.6 is 18.8 Å². The van der Waals surface area contributed by atoms with Gasteiger partial charge in [0.25, 0.3) is 0 Å². The van der Waals surface area contributed by atoms with Gasteiger partial charge in [0.1, 0.15) is 0 Å². The molecule has 0 aliphatic carbocycles. The van der Waals surface area contributed by atoms with Gasteiger partial charge in [-0.05, 0) is 34.3 Å². The summed E-state index contributed by atoms with van der Waals surface area (Å²) in [6.07, 6.45) is 0. The van der Waals surface area contributed by atoms with Crippen LogP contribution in [0, 0.1) is 0 Å². The molecule has 1 aromatic carbocycles. The summed E-state index contributed by atoms with van der Waals surface area (Å²) in [6, 6.07) is 8.12. The van der Waals surface area contributed by atoms with Crippen molar-refractivity contribution in [2.75, 3.05) is 28.2 Å². The summed E-state index contributed by atoms with van der Waals surface area (Å²) < 4.78 is 18.0. The number of benzene rings is 1. The minimum Gasteiger partial charge on any atom is -0.283 e. The lowest BCUT2D eigenvalue weighted by atomic mass is 10.3. The molecule has 92 valence electrons. The van der Waals surface area contributed by atoms with E-state index in [2.05, 4.69) is 6.07 Å². The van der Waals surface area contributed by atoms with E-state index in [4.69, 9.17) is 0 Å². The summed E-state index contributed by atoms with van der Waals surface area (Å²) in [5, 5.41) is 4.06. The molecular weight excluding hydrogens is 251 g/mol. The fraction of sp³-hybridized carbons (Fsp3) is 0.333. The van der Waals surface area contributed by atoms with Crippen LogP contribution in [0.15, 0.2) is 29.6 Å². The molecule has 1 aromatic heterocycles. The third kappa shape index (κ3) is 1.95. The lowest BCUT2D eigenvalue weighted by Crippen LogP contribution is -2.28. The quantitative estimate of drug-likeness (QED) is 0.800. The topological polar surface area (TPSA) is 23.6 Å². The van der Waals surface area contributed by atoms with Crippen LogP contribution in [-0.4, -0.2) is 37.5 Å². The molecule has 3 nitrogen and oxygen atoms in total. The van der Waals surface area contributed by atoms with Gasteiger partial charge in [-0.3, -0.25) is 4.57 Å². The molecule has 0 aliphatic heterocycles. The maximum Gasteiger partial charge on any atom is 0.246 e. The molecule has 0 aliphatic rings. The number of hydrogen-bond acceptors (Lipinski definition) is 2. The van der Waals surface area contributed by atoms with Crippen molar-refractivity contribution in [2.24, 2.45) is 0 Å². The first-order valence-electron chi connectivity index (χ1n) is 5.40. The van der Waals surface area contributed by atoms with E-state index in [0.29, 0.717) is 0 Å². The van der Waals surface area contributed by atoms with E-state index in [1.807, 2.05) is 61.1 Å². The fourth-order valence-electron chi connectivity index (χ4n) is 1.98. The molecule has 0 bridgehead atoms. The standard InChI is InChI=1S/C12H17N2OPS/c1-13(2)16(15,14(3)4)11-9-17-12-8-6-5-7-10(11)12/h5-9H,1-4H3. The van der Waals surface area contributed by atoms with E-state index in [-0.39, 0.29) is 0 Å². The van der Waals surface area contributed by atoms with Crippen molar-refractivity contribution in [3.8, 4) is 0 Å². The Hall–Kier alpha value is -0.670. The van der Waals surface area contributed by atoms with Gasteiger partial charge in [0.2, 0.25) is 7.44 Å². The Labute approximate surface area is 106 Å². The monoisotopic (exact) mass is 268 g/mol. The van der Waals surface area contributed by atoms with Crippen molar-refractivity contribution >= 4 is 34.2 Å². The molecule has 0 saturated heterocycles. The van der Waals surface area contributed by atoms with Crippen LogP contribution in [0.3, 0.4) is 0 Å². The molecule has 0 atom stereocenters. The van der Waals surface area contributed by atoms with Gasteiger partial charge in [-0.1, -0.05) is 18.2 Å². The molecule has 5 heteroatoms. The molecule has 0 N–H and O–H groups in total. The van der Waals surface area contributed by atoms with Crippen LogP contribution in [0.2, 0.25) is 0 Å². The molecule has 0 unspecified atom stereocenters. The average Bonchev–Trinajstić information content (AvgIpc) is 2.71. The maximum absolute atomic E-state index is 13.1. The highest BCUT2D eigenvalue weighted by Gasteiger charge is 2.32. The van der Waals surface area contributed by atoms with E-state index in [1.54, 1.807) is 11.3 Å². The smallest absolute Gasteiger partial charge is 0.246 e. The molecule has 0 saturated carbocycles. The van der Waals surface area contributed by atoms with E-state index in [0.717, 1.165) is 10.7 Å². The van der Waals surface area contributed by atoms with Gasteiger partial charge in [0.15, 0.2) is 0 Å². The molecule has 2 rings (SSSR count). The predicted molar refractivity (Wildman–Crippen MR) is 76.4 cm³/mol. The largest absolute Gasteiger partial charge is 0.283 e. The Morgan fingerprint density at radius 1 is 1.06 bits per heavy atom. The Bertz CT molecular complexity index is 565. The molecule has 0 spiro atoms. The number of hydrogen-bond donors (Lipinski definition) is 0. The fourth-order valence-corrected chi connectivity index (χ4v) is 5.67. The van der Waals surface area contributed by atoms with Crippen molar-refractivity contribution in [3.63, 3.8) is 0 Å². The Kier molecular flexibility index (Phi) is 3.41. The number of rotatable bonds is 3. The molecule has 0 radical (unpaired) electrons. The Balaban J connectivity index is 2.70. The van der Waals surface area contributed by atoms with Crippen molar-refractivity contribution < 1.29 is 4.57 Å². The molecular formula is C12H17N2OPS. The second kappa shape index (κ2) is 4.54. The zero-order valence-electron chi connectivity index (χ0n) is 10.5. The molecule has 1 heterocycles. The molecule has 17 heavy (non-hydrogen) atoms. The summed E-state index contributed by atoms with van der Waals surface area (Å²) in [4.78, 5) is 0. The van der Waals surface area contributed by atoms with Gasteiger partial charge in [-0.15, -0.1) is 11.3 Å². The first-order valence-corrected chi connectivity index (χ1v) is 7.89. The van der Waals surface area contributed by atoms with Gasteiger partial charge in [-0.2, -0.15) is 0 Å². The van der Waals surface area contributed by atoms with Crippen molar-refractivity contribution in [2.45, 2.75) is 0 Å². The minimum absolute atomic E-state index is 0.938. The van der Waals surface area contributed by atoms with Crippen molar-refractivity contribution in [1.82, 2.24) is 9.34 Å². The van der Waals surface area contributed by atoms with Crippen LogP contribution in [-0.2, 0) is 4.57 Å². The van der Waals surface area contributed by atoms with Crippen LogP contribution < -0.4 is 5.30 Å². The van der Waals surface area contributed by atoms with Gasteiger partial charge in [-0.25, -0.2) is 9.34 Å². The van der Waals surface area contributed by atoms with Crippen molar-refractivity contribution in [1.29, 1.82) is 0 Å². The molecule has 2 aromatic rings. The third-order valence-electron chi connectivity index (χ3n) is 2.86. The summed E-state index contributed by atoms with van der Waals surface area (Å²) in [7, 11) is 4.84. The summed E-state index contributed by atoms with van der Waals surface area (Å²) in [5.41, 5.74) is 0. The van der Waals surface area contributed by atoms with E-state index >= 15 is 0 Å². The van der Waals surface area contributed by atoms with Crippen LogP contribution in [0.1, 0.15) is 0 Å². The number of fused-ring (bicyclic) bond motifs is 1.